The number of hydrogen-bond donors (Lipinski definition) is 1. The summed E-state index contributed by atoms with van der Waals surface area (Å²) in [5.74, 6) is 0.212. The van der Waals surface area contributed by atoms with Crippen LogP contribution in [0, 0.1) is 5.41 Å². The second-order valence-corrected chi connectivity index (χ2v) is 4.78. The number of carbonyl (C=O) groups is 1. The molecule has 4 nitrogen and oxygen atoms in total. The highest BCUT2D eigenvalue weighted by molar-refractivity contribution is 5.75. The molecule has 0 bridgehead atoms. The third kappa shape index (κ3) is 2.69. The van der Waals surface area contributed by atoms with Gasteiger partial charge < -0.3 is 5.73 Å². The molecule has 1 heterocycles. The van der Waals surface area contributed by atoms with Crippen LogP contribution in [0.4, 0.5) is 0 Å². The lowest BCUT2D eigenvalue weighted by atomic mass is 9.93. The van der Waals surface area contributed by atoms with Crippen molar-refractivity contribution in [1.29, 1.82) is 0 Å². The molecule has 0 aliphatic carbocycles. The standard InChI is InChI=1S/C10H21N3O/c1-10(2,7-11)8-13-6-4-5-9(14)12(13)3/h4-8,11H2,1-3H3. The number of amides is 1. The molecule has 0 unspecified atom stereocenters. The van der Waals surface area contributed by atoms with Gasteiger partial charge in [-0.1, -0.05) is 13.8 Å². The highest BCUT2D eigenvalue weighted by Gasteiger charge is 2.27. The van der Waals surface area contributed by atoms with Gasteiger partial charge in [0, 0.05) is 26.6 Å². The Labute approximate surface area is 86.0 Å². The van der Waals surface area contributed by atoms with Crippen LogP contribution in [0.3, 0.4) is 0 Å². The fourth-order valence-electron chi connectivity index (χ4n) is 1.63. The van der Waals surface area contributed by atoms with Crippen LogP contribution in [0.25, 0.3) is 0 Å². The zero-order valence-corrected chi connectivity index (χ0v) is 9.42. The quantitative estimate of drug-likeness (QED) is 0.717. The Kier molecular flexibility index (Phi) is 3.50. The van der Waals surface area contributed by atoms with Gasteiger partial charge in [-0.2, -0.15) is 0 Å². The zero-order chi connectivity index (χ0) is 10.8. The summed E-state index contributed by atoms with van der Waals surface area (Å²) in [4.78, 5) is 11.4. The number of hydrazine groups is 1. The first-order valence-corrected chi connectivity index (χ1v) is 5.18. The minimum absolute atomic E-state index is 0.0753. The fraction of sp³-hybridized carbons (Fsp3) is 0.900. The maximum atomic E-state index is 11.4. The number of nitrogens with zero attached hydrogens (tertiary/aromatic N) is 2. The molecular formula is C10H21N3O. The molecule has 0 spiro atoms. The molecule has 1 fully saturated rings. The first kappa shape index (κ1) is 11.5. The molecule has 0 aromatic carbocycles. The monoisotopic (exact) mass is 199 g/mol. The molecule has 1 rings (SSSR count). The Hall–Kier alpha value is -0.610. The maximum absolute atomic E-state index is 11.4. The lowest BCUT2D eigenvalue weighted by molar-refractivity contribution is -0.153. The van der Waals surface area contributed by atoms with Gasteiger partial charge in [0.1, 0.15) is 0 Å². The summed E-state index contributed by atoms with van der Waals surface area (Å²) in [7, 11) is 1.84. The summed E-state index contributed by atoms with van der Waals surface area (Å²) in [5.41, 5.74) is 5.75. The lowest BCUT2D eigenvalue weighted by Crippen LogP contribution is -2.52. The smallest absolute Gasteiger partial charge is 0.236 e. The highest BCUT2D eigenvalue weighted by atomic mass is 16.2. The first-order chi connectivity index (χ1) is 6.46. The van der Waals surface area contributed by atoms with E-state index in [1.807, 2.05) is 7.05 Å². The molecule has 0 aromatic rings. The second kappa shape index (κ2) is 4.28. The van der Waals surface area contributed by atoms with Gasteiger partial charge in [-0.15, -0.1) is 0 Å². The number of carbonyl (C=O) groups excluding carboxylic acids is 1. The molecule has 82 valence electrons. The van der Waals surface area contributed by atoms with Crippen molar-refractivity contribution in [3.05, 3.63) is 0 Å². The summed E-state index contributed by atoms with van der Waals surface area (Å²) in [6, 6.07) is 0. The van der Waals surface area contributed by atoms with Crippen LogP contribution in [0.15, 0.2) is 0 Å². The van der Waals surface area contributed by atoms with Crippen molar-refractivity contribution in [2.24, 2.45) is 11.1 Å². The van der Waals surface area contributed by atoms with Crippen molar-refractivity contribution >= 4 is 5.91 Å². The van der Waals surface area contributed by atoms with E-state index in [2.05, 4.69) is 18.9 Å². The van der Waals surface area contributed by atoms with E-state index in [1.54, 1.807) is 5.01 Å². The zero-order valence-electron chi connectivity index (χ0n) is 9.42. The molecule has 2 N–H and O–H groups in total. The maximum Gasteiger partial charge on any atom is 0.236 e. The van der Waals surface area contributed by atoms with Gasteiger partial charge in [0.25, 0.3) is 0 Å². The van der Waals surface area contributed by atoms with Crippen LogP contribution in [0.5, 0.6) is 0 Å². The first-order valence-electron chi connectivity index (χ1n) is 5.18. The Morgan fingerprint density at radius 2 is 2.14 bits per heavy atom. The van der Waals surface area contributed by atoms with Crippen molar-refractivity contribution < 1.29 is 4.79 Å². The molecule has 0 aromatic heterocycles. The molecule has 14 heavy (non-hydrogen) atoms. The normalized spacial score (nSPS) is 20.3. The molecule has 0 saturated carbocycles. The van der Waals surface area contributed by atoms with Crippen molar-refractivity contribution in [1.82, 2.24) is 10.0 Å². The van der Waals surface area contributed by atoms with Crippen LogP contribution in [-0.2, 0) is 4.79 Å². The van der Waals surface area contributed by atoms with Gasteiger partial charge in [-0.05, 0) is 18.4 Å². The van der Waals surface area contributed by atoms with E-state index in [0.717, 1.165) is 19.5 Å². The molecule has 1 aliphatic rings. The largest absolute Gasteiger partial charge is 0.330 e. The van der Waals surface area contributed by atoms with Gasteiger partial charge in [0.2, 0.25) is 5.91 Å². The Balaban J connectivity index is 2.55. The number of rotatable bonds is 3. The fourth-order valence-corrected chi connectivity index (χ4v) is 1.63. The molecule has 0 atom stereocenters. The van der Waals surface area contributed by atoms with E-state index in [-0.39, 0.29) is 11.3 Å². The van der Waals surface area contributed by atoms with Crippen molar-refractivity contribution in [3.63, 3.8) is 0 Å². The predicted molar refractivity (Wildman–Crippen MR) is 56.4 cm³/mol. The van der Waals surface area contributed by atoms with E-state index >= 15 is 0 Å². The summed E-state index contributed by atoms with van der Waals surface area (Å²) < 4.78 is 0. The highest BCUT2D eigenvalue weighted by Crippen LogP contribution is 2.19. The molecule has 1 amide bonds. The average Bonchev–Trinajstić information content (AvgIpc) is 2.13. The summed E-state index contributed by atoms with van der Waals surface area (Å²) in [6.45, 7) is 6.71. The average molecular weight is 199 g/mol. The molecule has 1 aliphatic heterocycles. The van der Waals surface area contributed by atoms with Gasteiger partial charge in [-0.25, -0.2) is 5.01 Å². The topological polar surface area (TPSA) is 49.6 Å². The summed E-state index contributed by atoms with van der Waals surface area (Å²) in [6.07, 6.45) is 1.64. The van der Waals surface area contributed by atoms with E-state index in [1.165, 1.54) is 0 Å². The van der Waals surface area contributed by atoms with Gasteiger partial charge >= 0.3 is 0 Å². The second-order valence-electron chi connectivity index (χ2n) is 4.78. The Morgan fingerprint density at radius 3 is 2.71 bits per heavy atom. The van der Waals surface area contributed by atoms with E-state index in [0.29, 0.717) is 13.0 Å². The molecule has 4 heteroatoms. The van der Waals surface area contributed by atoms with Gasteiger partial charge in [0.15, 0.2) is 0 Å². The minimum atomic E-state index is 0.0753. The van der Waals surface area contributed by atoms with Crippen molar-refractivity contribution in [2.75, 3.05) is 26.7 Å². The van der Waals surface area contributed by atoms with Crippen LogP contribution in [0.2, 0.25) is 0 Å². The van der Waals surface area contributed by atoms with Crippen molar-refractivity contribution in [2.45, 2.75) is 26.7 Å². The van der Waals surface area contributed by atoms with E-state index in [4.69, 9.17) is 5.73 Å². The third-order valence-corrected chi connectivity index (χ3v) is 2.76. The summed E-state index contributed by atoms with van der Waals surface area (Å²) in [5, 5.41) is 3.83. The van der Waals surface area contributed by atoms with Crippen LogP contribution in [0.1, 0.15) is 26.7 Å². The Morgan fingerprint density at radius 1 is 1.50 bits per heavy atom. The Bertz CT molecular complexity index is 215. The predicted octanol–water partition coefficient (Wildman–Crippen LogP) is 0.441. The van der Waals surface area contributed by atoms with E-state index < -0.39 is 0 Å². The van der Waals surface area contributed by atoms with E-state index in [9.17, 15) is 4.79 Å². The van der Waals surface area contributed by atoms with Gasteiger partial charge in [-0.3, -0.25) is 9.80 Å². The molecular weight excluding hydrogens is 178 g/mol. The SMILES string of the molecule is CN1C(=O)CCCN1CC(C)(C)CN. The number of nitrogens with two attached hydrogens (primary N) is 1. The van der Waals surface area contributed by atoms with Gasteiger partial charge in [0.05, 0.1) is 0 Å². The number of hydrogen-bond acceptors (Lipinski definition) is 3. The summed E-state index contributed by atoms with van der Waals surface area (Å²) >= 11 is 0. The van der Waals surface area contributed by atoms with Crippen LogP contribution >= 0.6 is 0 Å². The molecule has 1 saturated heterocycles. The van der Waals surface area contributed by atoms with Crippen LogP contribution < -0.4 is 5.73 Å². The minimum Gasteiger partial charge on any atom is -0.330 e. The third-order valence-electron chi connectivity index (χ3n) is 2.76. The van der Waals surface area contributed by atoms with Crippen LogP contribution in [-0.4, -0.2) is 42.6 Å². The van der Waals surface area contributed by atoms with Crippen molar-refractivity contribution in [3.8, 4) is 0 Å². The molecule has 0 radical (unpaired) electrons. The lowest BCUT2D eigenvalue weighted by Gasteiger charge is -2.40.